The van der Waals surface area contributed by atoms with E-state index < -0.39 is 5.66 Å². The van der Waals surface area contributed by atoms with E-state index in [2.05, 4.69) is 78.3 Å². The van der Waals surface area contributed by atoms with Crippen LogP contribution in [0.15, 0.2) is 64.6 Å². The van der Waals surface area contributed by atoms with E-state index in [-0.39, 0.29) is 11.4 Å². The SMILES string of the molecule is CC(C)(c1ccccc1)c1ccc(N2C(N)=NC(N)=NC23CCCCC3)cc1. The van der Waals surface area contributed by atoms with Crippen molar-refractivity contribution in [1.82, 2.24) is 0 Å². The molecule has 1 aliphatic heterocycles. The molecule has 0 saturated heterocycles. The average molecular weight is 376 g/mol. The topological polar surface area (TPSA) is 80.0 Å². The van der Waals surface area contributed by atoms with E-state index in [1.165, 1.54) is 17.5 Å². The van der Waals surface area contributed by atoms with Crippen LogP contribution in [0.25, 0.3) is 0 Å². The highest BCUT2D eigenvalue weighted by atomic mass is 15.4. The molecule has 0 bridgehead atoms. The Bertz CT molecular complexity index is 890. The van der Waals surface area contributed by atoms with E-state index in [1.54, 1.807) is 0 Å². The summed E-state index contributed by atoms with van der Waals surface area (Å²) in [6, 6.07) is 19.2. The monoisotopic (exact) mass is 375 g/mol. The predicted octanol–water partition coefficient (Wildman–Crippen LogP) is 4.12. The molecule has 0 atom stereocenters. The van der Waals surface area contributed by atoms with Gasteiger partial charge in [-0.15, -0.1) is 0 Å². The lowest BCUT2D eigenvalue weighted by molar-refractivity contribution is 0.305. The van der Waals surface area contributed by atoms with Crippen molar-refractivity contribution in [3.05, 3.63) is 65.7 Å². The zero-order valence-corrected chi connectivity index (χ0v) is 16.7. The predicted molar refractivity (Wildman–Crippen MR) is 117 cm³/mol. The summed E-state index contributed by atoms with van der Waals surface area (Å²) < 4.78 is 0. The van der Waals surface area contributed by atoms with Crippen molar-refractivity contribution >= 4 is 17.6 Å². The maximum Gasteiger partial charge on any atom is 0.220 e. The Hall–Kier alpha value is -2.82. The van der Waals surface area contributed by atoms with Gasteiger partial charge in [0.05, 0.1) is 0 Å². The fraction of sp³-hybridized carbons (Fsp3) is 0.391. The molecule has 4 N–H and O–H groups in total. The number of nitrogens with two attached hydrogens (primary N) is 2. The zero-order chi connectivity index (χ0) is 19.8. The summed E-state index contributed by atoms with van der Waals surface area (Å²) in [5.74, 6) is 0.724. The Labute approximate surface area is 167 Å². The standard InChI is InChI=1S/C23H29N5/c1-22(2,17-9-5-3-6-10-17)18-11-13-19(14-12-18)28-21(25)26-20(24)27-23(28)15-7-4-8-16-23/h3,5-6,9-14H,4,7-8,15-16H2,1-2H3,(H4,24,25,26,27). The van der Waals surface area contributed by atoms with Crippen LogP contribution in [0.5, 0.6) is 0 Å². The second-order valence-electron chi connectivity index (χ2n) is 8.36. The molecule has 2 aliphatic rings. The van der Waals surface area contributed by atoms with E-state index in [0.29, 0.717) is 5.96 Å². The molecule has 2 aromatic carbocycles. The molecule has 4 rings (SSSR count). The highest BCUT2D eigenvalue weighted by Gasteiger charge is 2.42. The van der Waals surface area contributed by atoms with Gasteiger partial charge < -0.3 is 11.5 Å². The van der Waals surface area contributed by atoms with Gasteiger partial charge in [-0.2, -0.15) is 4.99 Å². The summed E-state index contributed by atoms with van der Waals surface area (Å²) in [6.45, 7) is 4.50. The van der Waals surface area contributed by atoms with Crippen LogP contribution in [0.1, 0.15) is 57.1 Å². The van der Waals surface area contributed by atoms with Gasteiger partial charge in [0.1, 0.15) is 5.66 Å². The number of hydrogen-bond acceptors (Lipinski definition) is 5. The van der Waals surface area contributed by atoms with Gasteiger partial charge in [0.15, 0.2) is 0 Å². The number of benzene rings is 2. The third-order valence-corrected chi connectivity index (χ3v) is 6.19. The quantitative estimate of drug-likeness (QED) is 0.847. The molecular formula is C23H29N5. The second kappa shape index (κ2) is 6.97. The number of rotatable bonds is 3. The van der Waals surface area contributed by atoms with Gasteiger partial charge in [0.25, 0.3) is 0 Å². The molecular weight excluding hydrogens is 346 g/mol. The van der Waals surface area contributed by atoms with E-state index >= 15 is 0 Å². The zero-order valence-electron chi connectivity index (χ0n) is 16.7. The van der Waals surface area contributed by atoms with E-state index in [1.807, 2.05) is 0 Å². The first-order chi connectivity index (χ1) is 13.4. The minimum absolute atomic E-state index is 0.0770. The van der Waals surface area contributed by atoms with Gasteiger partial charge in [-0.1, -0.05) is 62.7 Å². The van der Waals surface area contributed by atoms with Gasteiger partial charge in [-0.05, 0) is 48.9 Å². The summed E-state index contributed by atoms with van der Waals surface area (Å²) in [6.07, 6.45) is 5.37. The molecule has 1 spiro atoms. The van der Waals surface area contributed by atoms with E-state index in [0.717, 1.165) is 31.4 Å². The molecule has 5 heteroatoms. The molecule has 1 saturated carbocycles. The van der Waals surface area contributed by atoms with Crippen molar-refractivity contribution < 1.29 is 0 Å². The molecule has 5 nitrogen and oxygen atoms in total. The highest BCUT2D eigenvalue weighted by molar-refractivity contribution is 6.05. The van der Waals surface area contributed by atoms with Gasteiger partial charge in [0, 0.05) is 11.1 Å². The lowest BCUT2D eigenvalue weighted by Gasteiger charge is -2.45. The second-order valence-corrected chi connectivity index (χ2v) is 8.36. The molecule has 1 heterocycles. The Morgan fingerprint density at radius 2 is 1.46 bits per heavy atom. The lowest BCUT2D eigenvalue weighted by Crippen LogP contribution is -2.58. The molecule has 1 fully saturated rings. The van der Waals surface area contributed by atoms with Crippen molar-refractivity contribution in [2.75, 3.05) is 4.90 Å². The van der Waals surface area contributed by atoms with E-state index in [4.69, 9.17) is 16.5 Å². The maximum atomic E-state index is 6.34. The van der Waals surface area contributed by atoms with Crippen LogP contribution in [0.3, 0.4) is 0 Å². The largest absolute Gasteiger partial charge is 0.369 e. The normalized spacial score (nSPS) is 19.3. The maximum absolute atomic E-state index is 6.34. The van der Waals surface area contributed by atoms with Crippen molar-refractivity contribution in [3.63, 3.8) is 0 Å². The van der Waals surface area contributed by atoms with Gasteiger partial charge in [-0.3, -0.25) is 4.90 Å². The molecule has 146 valence electrons. The van der Waals surface area contributed by atoms with Crippen LogP contribution in [-0.4, -0.2) is 17.6 Å². The van der Waals surface area contributed by atoms with Crippen LogP contribution in [-0.2, 0) is 5.41 Å². The third-order valence-electron chi connectivity index (χ3n) is 6.19. The molecule has 0 radical (unpaired) electrons. The fourth-order valence-electron chi connectivity index (χ4n) is 4.54. The number of nitrogens with zero attached hydrogens (tertiary/aromatic N) is 3. The summed E-state index contributed by atoms with van der Waals surface area (Å²) in [5.41, 5.74) is 15.4. The average Bonchev–Trinajstić information content (AvgIpc) is 2.69. The van der Waals surface area contributed by atoms with Gasteiger partial charge >= 0.3 is 0 Å². The van der Waals surface area contributed by atoms with Crippen LogP contribution in [0.2, 0.25) is 0 Å². The van der Waals surface area contributed by atoms with Crippen molar-refractivity contribution in [3.8, 4) is 0 Å². The first-order valence-electron chi connectivity index (χ1n) is 10.1. The number of anilines is 1. The molecule has 0 aromatic heterocycles. The Morgan fingerprint density at radius 3 is 2.11 bits per heavy atom. The van der Waals surface area contributed by atoms with Gasteiger partial charge in [0.2, 0.25) is 11.9 Å². The molecule has 0 amide bonds. The number of hydrogen-bond donors (Lipinski definition) is 2. The minimum Gasteiger partial charge on any atom is -0.369 e. The Kier molecular flexibility index (Phi) is 4.61. The molecule has 2 aromatic rings. The summed E-state index contributed by atoms with van der Waals surface area (Å²) in [4.78, 5) is 11.1. The smallest absolute Gasteiger partial charge is 0.220 e. The first kappa shape index (κ1) is 18.5. The first-order valence-corrected chi connectivity index (χ1v) is 10.1. The lowest BCUT2D eigenvalue weighted by atomic mass is 9.78. The summed E-state index contributed by atoms with van der Waals surface area (Å²) in [5, 5.41) is 0. The molecule has 28 heavy (non-hydrogen) atoms. The number of guanidine groups is 2. The van der Waals surface area contributed by atoms with Crippen LogP contribution < -0.4 is 16.4 Å². The van der Waals surface area contributed by atoms with Crippen LogP contribution in [0.4, 0.5) is 5.69 Å². The van der Waals surface area contributed by atoms with Crippen molar-refractivity contribution in [1.29, 1.82) is 0 Å². The third kappa shape index (κ3) is 3.15. The summed E-state index contributed by atoms with van der Waals surface area (Å²) >= 11 is 0. The Morgan fingerprint density at radius 1 is 0.857 bits per heavy atom. The Balaban J connectivity index is 1.69. The van der Waals surface area contributed by atoms with Crippen molar-refractivity contribution in [2.45, 2.75) is 57.0 Å². The van der Waals surface area contributed by atoms with Gasteiger partial charge in [-0.25, -0.2) is 4.99 Å². The fourth-order valence-corrected chi connectivity index (χ4v) is 4.54. The molecule has 0 unspecified atom stereocenters. The minimum atomic E-state index is -0.398. The van der Waals surface area contributed by atoms with Crippen LogP contribution >= 0.6 is 0 Å². The molecule has 1 aliphatic carbocycles. The highest BCUT2D eigenvalue weighted by Crippen LogP contribution is 2.40. The van der Waals surface area contributed by atoms with Crippen LogP contribution in [0, 0.1) is 0 Å². The number of aliphatic imine (C=N–C) groups is 2. The van der Waals surface area contributed by atoms with E-state index in [9.17, 15) is 0 Å². The summed E-state index contributed by atoms with van der Waals surface area (Å²) in [7, 11) is 0. The van der Waals surface area contributed by atoms with Crippen molar-refractivity contribution in [2.24, 2.45) is 21.5 Å².